The molecule has 0 aromatic rings. The van der Waals surface area contributed by atoms with Gasteiger partial charge in [-0.3, -0.25) is 4.79 Å². The molecule has 0 unspecified atom stereocenters. The topological polar surface area (TPSA) is 26.3 Å². The van der Waals surface area contributed by atoms with E-state index >= 15 is 0 Å². The molecule has 192 valence electrons. The summed E-state index contributed by atoms with van der Waals surface area (Å²) in [6.07, 6.45) is 34.2. The Balaban J connectivity index is 0. The molecular weight excluding hydrogens is 417 g/mol. The van der Waals surface area contributed by atoms with Crippen LogP contribution in [0, 0.1) is 0 Å². The van der Waals surface area contributed by atoms with Gasteiger partial charge >= 0.3 is 29.0 Å². The Labute approximate surface area is 225 Å². The minimum atomic E-state index is 0. The summed E-state index contributed by atoms with van der Waals surface area (Å²) in [5.41, 5.74) is 0. The number of hydrogen-bond donors (Lipinski definition) is 0. The molecular formula is C30H60MgO2+2. The molecule has 2 nitrogen and oxygen atoms in total. The minimum Gasteiger partial charge on any atom is -0.466 e. The molecule has 0 saturated carbocycles. The summed E-state index contributed by atoms with van der Waals surface area (Å²) >= 11 is 0. The maximum Gasteiger partial charge on any atom is 2.00 e. The van der Waals surface area contributed by atoms with E-state index in [0.29, 0.717) is 13.0 Å². The first-order valence-electron chi connectivity index (χ1n) is 15.0. The standard InChI is InChI=1S/C30H60O2.Mg/c1-3-5-7-9-11-13-15-16-17-18-19-20-22-24-26-28-30(31)32-29-27-25-23-21-14-12-10-8-6-4-2;/h3-29H2,1-2H3;/q;+2. The van der Waals surface area contributed by atoms with Crippen molar-refractivity contribution in [3.05, 3.63) is 0 Å². The number of carbonyl (C=O) groups is 1. The van der Waals surface area contributed by atoms with Crippen molar-refractivity contribution in [2.75, 3.05) is 6.61 Å². The van der Waals surface area contributed by atoms with Gasteiger partial charge in [-0.05, 0) is 12.8 Å². The van der Waals surface area contributed by atoms with E-state index in [4.69, 9.17) is 4.74 Å². The second-order valence-corrected chi connectivity index (χ2v) is 10.1. The van der Waals surface area contributed by atoms with Crippen LogP contribution in [0.1, 0.15) is 181 Å². The molecule has 3 heteroatoms. The number of carbonyl (C=O) groups excluding carboxylic acids is 1. The molecule has 0 atom stereocenters. The van der Waals surface area contributed by atoms with Crippen molar-refractivity contribution in [3.63, 3.8) is 0 Å². The van der Waals surface area contributed by atoms with Gasteiger partial charge in [0, 0.05) is 6.42 Å². The van der Waals surface area contributed by atoms with E-state index in [9.17, 15) is 4.79 Å². The van der Waals surface area contributed by atoms with Crippen LogP contribution in [-0.4, -0.2) is 35.6 Å². The fraction of sp³-hybridized carbons (Fsp3) is 0.967. The monoisotopic (exact) mass is 476 g/mol. The fourth-order valence-corrected chi connectivity index (χ4v) is 4.49. The van der Waals surface area contributed by atoms with E-state index in [0.717, 1.165) is 12.8 Å². The summed E-state index contributed by atoms with van der Waals surface area (Å²) in [5.74, 6) is 0.0237. The van der Waals surface area contributed by atoms with Crippen molar-refractivity contribution in [3.8, 4) is 0 Å². The molecule has 0 N–H and O–H groups in total. The molecule has 0 aliphatic rings. The number of esters is 1. The largest absolute Gasteiger partial charge is 2.00 e. The van der Waals surface area contributed by atoms with Crippen LogP contribution < -0.4 is 0 Å². The van der Waals surface area contributed by atoms with Crippen molar-refractivity contribution < 1.29 is 9.53 Å². The van der Waals surface area contributed by atoms with E-state index in [1.165, 1.54) is 148 Å². The third-order valence-corrected chi connectivity index (χ3v) is 6.75. The van der Waals surface area contributed by atoms with Crippen LogP contribution >= 0.6 is 0 Å². The Kier molecular flexibility index (Phi) is 34.6. The average molecular weight is 477 g/mol. The number of hydrogen-bond acceptors (Lipinski definition) is 2. The molecule has 0 radical (unpaired) electrons. The molecule has 0 amide bonds. The second kappa shape index (κ2) is 32.2. The minimum absolute atomic E-state index is 0. The van der Waals surface area contributed by atoms with Gasteiger partial charge in [-0.2, -0.15) is 0 Å². The van der Waals surface area contributed by atoms with Gasteiger partial charge in [0.05, 0.1) is 6.61 Å². The SMILES string of the molecule is CCCCCCCCCCCCCCCCCC(=O)OCCCCCCCCCCCC.[Mg+2]. The van der Waals surface area contributed by atoms with Crippen LogP contribution in [0.2, 0.25) is 0 Å². The quantitative estimate of drug-likeness (QED) is 0.0669. The van der Waals surface area contributed by atoms with Crippen molar-refractivity contribution in [2.45, 2.75) is 181 Å². The predicted octanol–water partition coefficient (Wildman–Crippen LogP) is 10.3. The Bertz CT molecular complexity index is 359. The fourth-order valence-electron chi connectivity index (χ4n) is 4.49. The average Bonchev–Trinajstić information content (AvgIpc) is 2.80. The summed E-state index contributed by atoms with van der Waals surface area (Å²) in [7, 11) is 0. The van der Waals surface area contributed by atoms with Gasteiger partial charge in [0.15, 0.2) is 0 Å². The van der Waals surface area contributed by atoms with Gasteiger partial charge < -0.3 is 4.74 Å². The first kappa shape index (κ1) is 35.4. The molecule has 0 aliphatic carbocycles. The van der Waals surface area contributed by atoms with Gasteiger partial charge in [-0.1, -0.05) is 162 Å². The van der Waals surface area contributed by atoms with E-state index in [1.54, 1.807) is 0 Å². The summed E-state index contributed by atoms with van der Waals surface area (Å²) in [4.78, 5) is 11.8. The van der Waals surface area contributed by atoms with Crippen LogP contribution in [0.3, 0.4) is 0 Å². The zero-order chi connectivity index (χ0) is 23.4. The number of ether oxygens (including phenoxy) is 1. The Morgan fingerprint density at radius 1 is 0.424 bits per heavy atom. The predicted molar refractivity (Wildman–Crippen MR) is 148 cm³/mol. The van der Waals surface area contributed by atoms with Crippen LogP contribution in [0.15, 0.2) is 0 Å². The first-order chi connectivity index (χ1) is 15.8. The maximum absolute atomic E-state index is 11.8. The molecule has 0 aliphatic heterocycles. The number of unbranched alkanes of at least 4 members (excludes halogenated alkanes) is 23. The summed E-state index contributed by atoms with van der Waals surface area (Å²) in [6, 6.07) is 0. The van der Waals surface area contributed by atoms with E-state index in [-0.39, 0.29) is 29.0 Å². The van der Waals surface area contributed by atoms with Crippen molar-refractivity contribution >= 4 is 29.0 Å². The third-order valence-electron chi connectivity index (χ3n) is 6.75. The van der Waals surface area contributed by atoms with Gasteiger partial charge in [0.2, 0.25) is 0 Å². The molecule has 0 aromatic carbocycles. The van der Waals surface area contributed by atoms with Crippen molar-refractivity contribution in [2.24, 2.45) is 0 Å². The summed E-state index contributed by atoms with van der Waals surface area (Å²) in [5, 5.41) is 0. The Morgan fingerprint density at radius 3 is 1.03 bits per heavy atom. The van der Waals surface area contributed by atoms with Gasteiger partial charge in [0.25, 0.3) is 0 Å². The molecule has 33 heavy (non-hydrogen) atoms. The van der Waals surface area contributed by atoms with Crippen LogP contribution in [0.4, 0.5) is 0 Å². The Morgan fingerprint density at radius 2 is 0.697 bits per heavy atom. The van der Waals surface area contributed by atoms with Crippen LogP contribution in [0.5, 0.6) is 0 Å². The van der Waals surface area contributed by atoms with E-state index in [2.05, 4.69) is 13.8 Å². The molecule has 0 fully saturated rings. The van der Waals surface area contributed by atoms with Gasteiger partial charge in [-0.25, -0.2) is 0 Å². The first-order valence-corrected chi connectivity index (χ1v) is 15.0. The zero-order valence-corrected chi connectivity index (χ0v) is 24.5. The smallest absolute Gasteiger partial charge is 0.466 e. The van der Waals surface area contributed by atoms with Crippen molar-refractivity contribution in [1.82, 2.24) is 0 Å². The summed E-state index contributed by atoms with van der Waals surface area (Å²) in [6.45, 7) is 5.19. The van der Waals surface area contributed by atoms with Crippen LogP contribution in [0.25, 0.3) is 0 Å². The normalized spacial score (nSPS) is 10.8. The number of rotatable bonds is 27. The maximum atomic E-state index is 11.8. The third kappa shape index (κ3) is 32.2. The summed E-state index contributed by atoms with van der Waals surface area (Å²) < 4.78 is 5.39. The zero-order valence-electron chi connectivity index (χ0n) is 23.1. The van der Waals surface area contributed by atoms with Gasteiger partial charge in [0.1, 0.15) is 0 Å². The second-order valence-electron chi connectivity index (χ2n) is 10.1. The molecule has 0 spiro atoms. The molecule has 0 rings (SSSR count). The Hall–Kier alpha value is 0.236. The van der Waals surface area contributed by atoms with E-state index < -0.39 is 0 Å². The molecule has 0 bridgehead atoms. The van der Waals surface area contributed by atoms with Gasteiger partial charge in [-0.15, -0.1) is 0 Å². The van der Waals surface area contributed by atoms with E-state index in [1.807, 2.05) is 0 Å². The molecule has 0 saturated heterocycles. The van der Waals surface area contributed by atoms with Crippen molar-refractivity contribution in [1.29, 1.82) is 0 Å². The molecule has 0 heterocycles. The molecule has 0 aromatic heterocycles. The van der Waals surface area contributed by atoms with Crippen LogP contribution in [-0.2, 0) is 9.53 Å².